The van der Waals surface area contributed by atoms with Gasteiger partial charge in [-0.05, 0) is 10.9 Å². The minimum Gasteiger partial charge on any atom is -0.333 e. The maximum atomic E-state index is 5.88. The predicted octanol–water partition coefficient (Wildman–Crippen LogP) is 2.09. The van der Waals surface area contributed by atoms with Gasteiger partial charge in [0.2, 0.25) is 0 Å². The average Bonchev–Trinajstić information content (AvgIpc) is 1.87. The first-order chi connectivity index (χ1) is 6.15. The Hall–Kier alpha value is 0.310. The number of nitrogens with zero attached hydrogens (tertiary/aromatic N) is 1. The summed E-state index contributed by atoms with van der Waals surface area (Å²) in [5.41, 5.74) is 0. The van der Waals surface area contributed by atoms with Crippen molar-refractivity contribution in [2.45, 2.75) is 14.8 Å². The lowest BCUT2D eigenvalue weighted by Gasteiger charge is -2.14. The molecule has 0 heterocycles. The molecule has 0 aliphatic heterocycles. The van der Waals surface area contributed by atoms with Gasteiger partial charge in [-0.2, -0.15) is 0 Å². The number of quaternary nitrogens is 1. The van der Waals surface area contributed by atoms with E-state index in [1.54, 1.807) is 0 Å². The van der Waals surface area contributed by atoms with Crippen molar-refractivity contribution >= 4 is 10.9 Å². The Kier molecular flexibility index (Phi) is 10.6. The largest absolute Gasteiger partial charge is 0.333 e. The second kappa shape index (κ2) is 10.3. The summed E-state index contributed by atoms with van der Waals surface area (Å²) in [4.78, 5) is 0. The SMILES string of the molecule is C[N+](C)(C)C.C[S+](C)C.[3H]C.[3H]C[3H]. The van der Waals surface area contributed by atoms with E-state index in [0.29, 0.717) is 10.9 Å². The van der Waals surface area contributed by atoms with Gasteiger partial charge >= 0.3 is 0 Å². The zero-order valence-electron chi connectivity index (χ0n) is 12.6. The molecule has 0 bridgehead atoms. The van der Waals surface area contributed by atoms with Gasteiger partial charge < -0.3 is 4.48 Å². The molecule has 0 aliphatic rings. The van der Waals surface area contributed by atoms with Gasteiger partial charge in [-0.3, -0.25) is 0 Å². The molecule has 0 aliphatic carbocycles. The summed E-state index contributed by atoms with van der Waals surface area (Å²) in [6, 6.07) is 0. The minimum absolute atomic E-state index is 0.250. The molecule has 0 N–H and O–H groups in total. The Labute approximate surface area is 82.0 Å². The topological polar surface area (TPSA) is 0 Å². The summed E-state index contributed by atoms with van der Waals surface area (Å²) in [6.45, 7) is 0. The third kappa shape index (κ3) is 7410. The lowest BCUT2D eigenvalue weighted by Crippen LogP contribution is -2.27. The van der Waals surface area contributed by atoms with Gasteiger partial charge in [-0.15, -0.1) is 0 Å². The standard InChI is InChI=1S/C4H12N.C3H9S.2CH4/c1-5(2,3)4;1-4(2)3;;/h1-4H3;1-3H3;2*1H4/q2*+1;;/i;;1T2;1T. The molecular formula is C9H29NS+2. The monoisotopic (exact) mass is 189 g/mol. The normalized spacial score (nSPS) is 11.2. The van der Waals surface area contributed by atoms with Gasteiger partial charge in [0.25, 0.3) is 0 Å². The molecule has 0 saturated carbocycles. The molecule has 0 amide bonds. The molecule has 0 rings (SSSR count). The van der Waals surface area contributed by atoms with Crippen molar-refractivity contribution in [2.75, 3.05) is 47.0 Å². The quantitative estimate of drug-likeness (QED) is 0.404. The van der Waals surface area contributed by atoms with E-state index in [0.717, 1.165) is 4.48 Å². The van der Waals surface area contributed by atoms with E-state index >= 15 is 0 Å². The Morgan fingerprint density at radius 3 is 1.09 bits per heavy atom. The van der Waals surface area contributed by atoms with Crippen LogP contribution in [0.2, 0.25) is 0 Å². The molecule has 0 aromatic carbocycles. The van der Waals surface area contributed by atoms with E-state index < -0.39 is 0 Å². The van der Waals surface area contributed by atoms with E-state index in [1.807, 2.05) is 0 Å². The van der Waals surface area contributed by atoms with Crippen LogP contribution in [-0.2, 0) is 10.9 Å². The lowest BCUT2D eigenvalue weighted by molar-refractivity contribution is -0.849. The lowest BCUT2D eigenvalue weighted by atomic mass is 10.8. The summed E-state index contributed by atoms with van der Waals surface area (Å²) in [5, 5.41) is 0. The molecule has 0 fully saturated rings. The highest BCUT2D eigenvalue weighted by Gasteiger charge is 1.88. The number of hydrogen-bond acceptors (Lipinski definition) is 0. The highest BCUT2D eigenvalue weighted by atomic mass is 32.2. The smallest absolute Gasteiger partial charge is 0.0969 e. The van der Waals surface area contributed by atoms with Crippen LogP contribution >= 0.6 is 0 Å². The third-order valence-electron chi connectivity index (χ3n) is 0. The van der Waals surface area contributed by atoms with Crippen LogP contribution in [0.1, 0.15) is 18.9 Å². The number of hydrogen-bond donors (Lipinski definition) is 0. The molecule has 0 unspecified atom stereocenters. The minimum atomic E-state index is -0.250. The van der Waals surface area contributed by atoms with Crippen LogP contribution in [0.5, 0.6) is 0 Å². The second-order valence-electron chi connectivity index (χ2n) is 3.91. The van der Waals surface area contributed by atoms with Crippen LogP contribution in [0, 0.1) is 0 Å². The van der Waals surface area contributed by atoms with Crippen LogP contribution < -0.4 is 0 Å². The van der Waals surface area contributed by atoms with Crippen molar-refractivity contribution in [2.24, 2.45) is 0 Å². The van der Waals surface area contributed by atoms with Gasteiger partial charge in [0.1, 0.15) is 0 Å². The molecule has 0 aromatic rings. The molecule has 74 valence electrons. The predicted molar refractivity (Wildman–Crippen MR) is 62.6 cm³/mol. The van der Waals surface area contributed by atoms with E-state index in [9.17, 15) is 0 Å². The summed E-state index contributed by atoms with van der Waals surface area (Å²) >= 11 is 0. The summed E-state index contributed by atoms with van der Waals surface area (Å²) in [6.07, 6.45) is 6.58. The Morgan fingerprint density at radius 1 is 1.09 bits per heavy atom. The van der Waals surface area contributed by atoms with Gasteiger partial charge in [-0.25, -0.2) is 0 Å². The van der Waals surface area contributed by atoms with Crippen molar-refractivity contribution < 1.29 is 8.60 Å². The van der Waals surface area contributed by atoms with Crippen LogP contribution in [0.3, 0.4) is 0 Å². The van der Waals surface area contributed by atoms with Gasteiger partial charge in [0.15, 0.2) is 0 Å². The molecule has 0 saturated heterocycles. The highest BCUT2D eigenvalue weighted by molar-refractivity contribution is 7.94. The summed E-state index contributed by atoms with van der Waals surface area (Å²) in [7, 11) is 10.1. The highest BCUT2D eigenvalue weighted by Crippen LogP contribution is 1.73. The van der Waals surface area contributed by atoms with Crippen molar-refractivity contribution in [3.8, 4) is 0 Å². The number of rotatable bonds is 0. The molecular weight excluding hydrogens is 154 g/mol. The van der Waals surface area contributed by atoms with Crippen molar-refractivity contribution in [1.82, 2.24) is 0 Å². The van der Waals surface area contributed by atoms with E-state index in [1.165, 1.54) is 7.40 Å². The summed E-state index contributed by atoms with van der Waals surface area (Å²) in [5.74, 6) is 0. The van der Waals surface area contributed by atoms with Crippen molar-refractivity contribution in [3.63, 3.8) is 0 Å². The van der Waals surface area contributed by atoms with Crippen molar-refractivity contribution in [1.29, 1.82) is 0 Å². The van der Waals surface area contributed by atoms with Gasteiger partial charge in [0.05, 0.1) is 47.0 Å². The fraction of sp³-hybridized carbons (Fsp3) is 1.00. The van der Waals surface area contributed by atoms with Gasteiger partial charge in [-0.1, -0.05) is 14.8 Å². The summed E-state index contributed by atoms with van der Waals surface area (Å²) < 4.78 is 18.5. The maximum absolute atomic E-state index is 5.88. The Balaban J connectivity index is -0.0000000505. The molecule has 0 spiro atoms. The van der Waals surface area contributed by atoms with Gasteiger partial charge in [0, 0.05) is 4.11 Å². The van der Waals surface area contributed by atoms with Crippen molar-refractivity contribution in [3.05, 3.63) is 0 Å². The van der Waals surface area contributed by atoms with E-state index in [4.69, 9.17) is 4.11 Å². The zero-order valence-corrected chi connectivity index (χ0v) is 10.4. The Bertz CT molecular complexity index is 66.2. The third-order valence-corrected chi connectivity index (χ3v) is 0. The zero-order chi connectivity index (χ0) is 12.8. The van der Waals surface area contributed by atoms with Crippen LogP contribution in [0.25, 0.3) is 0 Å². The van der Waals surface area contributed by atoms with Crippen LogP contribution in [0.15, 0.2) is 0 Å². The first-order valence-electron chi connectivity index (χ1n) is 5.43. The molecule has 2 heteroatoms. The molecule has 0 atom stereocenters. The Morgan fingerprint density at radius 2 is 1.09 bits per heavy atom. The van der Waals surface area contributed by atoms with Crippen LogP contribution in [-0.4, -0.2) is 51.4 Å². The first kappa shape index (κ1) is 11.3. The fourth-order valence-corrected chi connectivity index (χ4v) is 0. The maximum Gasteiger partial charge on any atom is 0.0969 e. The molecule has 11 heavy (non-hydrogen) atoms. The average molecular weight is 189 g/mol. The van der Waals surface area contributed by atoms with E-state index in [2.05, 4.69) is 47.0 Å². The fourth-order valence-electron chi connectivity index (χ4n) is 0. The molecule has 0 aromatic heterocycles. The van der Waals surface area contributed by atoms with Crippen LogP contribution in [0.4, 0.5) is 0 Å². The second-order valence-corrected chi connectivity index (χ2v) is 6.36. The molecule has 0 radical (unpaired) electrons. The first-order valence-corrected chi connectivity index (χ1v) is 5.46. The molecule has 1 nitrogen and oxygen atoms in total. The van der Waals surface area contributed by atoms with E-state index in [-0.39, 0.29) is 7.38 Å².